The minimum absolute atomic E-state index is 0.0260. The van der Waals surface area contributed by atoms with E-state index < -0.39 is 4.92 Å². The fourth-order valence-corrected chi connectivity index (χ4v) is 4.60. The standard InChI is InChI=1S/C27H20N6O3/c1-17-10-11-25(26(12-17)33(35)36)32-16-19(29-30-32)15-31-14-18(20-6-3-5-9-24(20)31)13-22-21-7-2-4-8-23(21)28-27(22)34/h2-14,16H,15H2,1H3,(H,28,34). The van der Waals surface area contributed by atoms with Crippen LogP contribution >= 0.6 is 0 Å². The van der Waals surface area contributed by atoms with Crippen LogP contribution in [0.2, 0.25) is 0 Å². The minimum Gasteiger partial charge on any atom is -0.341 e. The molecule has 3 heterocycles. The molecule has 0 fully saturated rings. The second-order valence-electron chi connectivity index (χ2n) is 8.69. The molecular weight excluding hydrogens is 456 g/mol. The van der Waals surface area contributed by atoms with Crippen LogP contribution in [0.4, 0.5) is 11.4 Å². The van der Waals surface area contributed by atoms with Gasteiger partial charge < -0.3 is 9.88 Å². The summed E-state index contributed by atoms with van der Waals surface area (Å²) in [4.78, 5) is 23.8. The van der Waals surface area contributed by atoms with Gasteiger partial charge >= 0.3 is 0 Å². The average molecular weight is 476 g/mol. The van der Waals surface area contributed by atoms with Crippen LogP contribution in [0.1, 0.15) is 22.4 Å². The van der Waals surface area contributed by atoms with Gasteiger partial charge in [-0.15, -0.1) is 5.10 Å². The fraction of sp³-hybridized carbons (Fsp3) is 0.0741. The van der Waals surface area contributed by atoms with Gasteiger partial charge in [0.1, 0.15) is 11.4 Å². The Balaban J connectivity index is 1.38. The molecule has 1 N–H and O–H groups in total. The van der Waals surface area contributed by atoms with Crippen LogP contribution in [0.15, 0.2) is 79.1 Å². The van der Waals surface area contributed by atoms with Crippen molar-refractivity contribution in [2.24, 2.45) is 0 Å². The van der Waals surface area contributed by atoms with Gasteiger partial charge in [-0.2, -0.15) is 0 Å². The van der Waals surface area contributed by atoms with Gasteiger partial charge in [-0.05, 0) is 36.8 Å². The number of nitro groups is 1. The lowest BCUT2D eigenvalue weighted by Crippen LogP contribution is -2.03. The topological polar surface area (TPSA) is 108 Å². The van der Waals surface area contributed by atoms with Crippen molar-refractivity contribution in [1.29, 1.82) is 0 Å². The molecule has 0 bridgehead atoms. The third kappa shape index (κ3) is 3.63. The van der Waals surface area contributed by atoms with Crippen LogP contribution in [-0.2, 0) is 11.3 Å². The number of aryl methyl sites for hydroxylation is 1. The summed E-state index contributed by atoms with van der Waals surface area (Å²) >= 11 is 0. The van der Waals surface area contributed by atoms with Gasteiger partial charge in [0.25, 0.3) is 11.6 Å². The van der Waals surface area contributed by atoms with Crippen molar-refractivity contribution in [3.05, 3.63) is 112 Å². The molecule has 0 spiro atoms. The Labute approximate surface area is 205 Å². The number of para-hydroxylation sites is 2. The second kappa shape index (κ2) is 8.31. The molecule has 6 rings (SSSR count). The summed E-state index contributed by atoms with van der Waals surface area (Å²) in [5.41, 5.74) is 5.96. The van der Waals surface area contributed by atoms with Crippen molar-refractivity contribution in [2.45, 2.75) is 13.5 Å². The summed E-state index contributed by atoms with van der Waals surface area (Å²) in [7, 11) is 0. The predicted octanol–water partition coefficient (Wildman–Crippen LogP) is 4.98. The molecule has 9 heteroatoms. The highest BCUT2D eigenvalue weighted by atomic mass is 16.6. The molecule has 36 heavy (non-hydrogen) atoms. The van der Waals surface area contributed by atoms with Gasteiger partial charge in [-0.25, -0.2) is 4.68 Å². The average Bonchev–Trinajstić information content (AvgIpc) is 3.56. The third-order valence-electron chi connectivity index (χ3n) is 6.28. The normalized spacial score (nSPS) is 13.8. The van der Waals surface area contributed by atoms with Gasteiger partial charge in [0.15, 0.2) is 0 Å². The minimum atomic E-state index is -0.416. The lowest BCUT2D eigenvalue weighted by atomic mass is 10.0. The molecule has 176 valence electrons. The third-order valence-corrected chi connectivity index (χ3v) is 6.28. The number of anilines is 1. The molecule has 0 atom stereocenters. The van der Waals surface area contributed by atoms with Crippen LogP contribution in [0, 0.1) is 17.0 Å². The zero-order chi connectivity index (χ0) is 24.8. The SMILES string of the molecule is Cc1ccc(-n2cc(Cn3cc(C=C4C(=O)Nc5ccccc54)c4ccccc43)nn2)c([N+](=O)[O-])c1. The Morgan fingerprint density at radius 3 is 2.72 bits per heavy atom. The number of fused-ring (bicyclic) bond motifs is 2. The van der Waals surface area contributed by atoms with Crippen LogP contribution in [0.5, 0.6) is 0 Å². The van der Waals surface area contributed by atoms with Crippen molar-refractivity contribution in [3.63, 3.8) is 0 Å². The number of rotatable bonds is 5. The van der Waals surface area contributed by atoms with Crippen LogP contribution in [0.3, 0.4) is 0 Å². The van der Waals surface area contributed by atoms with Crippen molar-refractivity contribution in [2.75, 3.05) is 5.32 Å². The Bertz CT molecular complexity index is 1710. The number of carbonyl (C=O) groups excluding carboxylic acids is 1. The number of carbonyl (C=O) groups is 1. The highest BCUT2D eigenvalue weighted by Crippen LogP contribution is 2.34. The Kier molecular flexibility index (Phi) is 4.96. The van der Waals surface area contributed by atoms with Gasteiger partial charge in [0, 0.05) is 45.6 Å². The first kappa shape index (κ1) is 21.5. The maximum absolute atomic E-state index is 12.6. The first-order valence-corrected chi connectivity index (χ1v) is 11.3. The van der Waals surface area contributed by atoms with E-state index in [1.807, 2.05) is 65.4 Å². The summed E-state index contributed by atoms with van der Waals surface area (Å²) in [6.45, 7) is 2.22. The molecule has 0 saturated heterocycles. The van der Waals surface area contributed by atoms with E-state index in [1.54, 1.807) is 25.3 Å². The maximum Gasteiger partial charge on any atom is 0.295 e. The molecule has 0 radical (unpaired) electrons. The zero-order valence-corrected chi connectivity index (χ0v) is 19.3. The van der Waals surface area contributed by atoms with Crippen molar-refractivity contribution in [1.82, 2.24) is 19.6 Å². The Morgan fingerprint density at radius 1 is 1.06 bits per heavy atom. The molecule has 0 unspecified atom stereocenters. The van der Waals surface area contributed by atoms with Gasteiger partial charge in [-0.3, -0.25) is 14.9 Å². The van der Waals surface area contributed by atoms with Crippen LogP contribution < -0.4 is 5.32 Å². The highest BCUT2D eigenvalue weighted by molar-refractivity contribution is 6.35. The smallest absolute Gasteiger partial charge is 0.295 e. The van der Waals surface area contributed by atoms with E-state index in [2.05, 4.69) is 15.6 Å². The zero-order valence-electron chi connectivity index (χ0n) is 19.3. The molecule has 5 aromatic rings. The fourth-order valence-electron chi connectivity index (χ4n) is 4.60. The second-order valence-corrected chi connectivity index (χ2v) is 8.69. The number of amides is 1. The number of hydrogen-bond donors (Lipinski definition) is 1. The number of nitro benzene ring substituents is 1. The number of hydrogen-bond acceptors (Lipinski definition) is 5. The van der Waals surface area contributed by atoms with Gasteiger partial charge in [0.2, 0.25) is 0 Å². The summed E-state index contributed by atoms with van der Waals surface area (Å²) in [6, 6.07) is 20.6. The number of nitrogens with one attached hydrogen (secondary N) is 1. The van der Waals surface area contributed by atoms with E-state index in [1.165, 1.54) is 10.7 Å². The van der Waals surface area contributed by atoms with E-state index in [4.69, 9.17) is 0 Å². The molecule has 9 nitrogen and oxygen atoms in total. The molecule has 1 aliphatic heterocycles. The van der Waals surface area contributed by atoms with Crippen molar-refractivity contribution >= 4 is 39.8 Å². The first-order chi connectivity index (χ1) is 17.5. The number of nitrogens with zero attached hydrogens (tertiary/aromatic N) is 5. The monoisotopic (exact) mass is 476 g/mol. The highest BCUT2D eigenvalue weighted by Gasteiger charge is 2.24. The Hall–Kier alpha value is -5.05. The van der Waals surface area contributed by atoms with Gasteiger partial charge in [0.05, 0.1) is 17.7 Å². The van der Waals surface area contributed by atoms with Gasteiger partial charge in [-0.1, -0.05) is 47.7 Å². The van der Waals surface area contributed by atoms with Crippen molar-refractivity contribution < 1.29 is 9.72 Å². The van der Waals surface area contributed by atoms with E-state index in [0.717, 1.165) is 33.3 Å². The molecule has 2 aromatic heterocycles. The number of aromatic nitrogens is 4. The Morgan fingerprint density at radius 2 is 1.86 bits per heavy atom. The molecule has 3 aromatic carbocycles. The molecule has 1 aliphatic rings. The molecule has 0 aliphatic carbocycles. The van der Waals surface area contributed by atoms with E-state index in [9.17, 15) is 14.9 Å². The molecule has 0 saturated carbocycles. The summed E-state index contributed by atoms with van der Waals surface area (Å²) in [6.07, 6.45) is 5.59. The summed E-state index contributed by atoms with van der Waals surface area (Å²) in [5.74, 6) is -0.129. The quantitative estimate of drug-likeness (QED) is 0.219. The lowest BCUT2D eigenvalue weighted by Gasteiger charge is -2.03. The maximum atomic E-state index is 12.6. The van der Waals surface area contributed by atoms with E-state index in [0.29, 0.717) is 23.5 Å². The number of benzene rings is 3. The lowest BCUT2D eigenvalue weighted by molar-refractivity contribution is -0.384. The largest absolute Gasteiger partial charge is 0.341 e. The van der Waals surface area contributed by atoms with Crippen LogP contribution in [0.25, 0.3) is 28.2 Å². The van der Waals surface area contributed by atoms with Crippen molar-refractivity contribution in [3.8, 4) is 5.69 Å². The summed E-state index contributed by atoms with van der Waals surface area (Å²) in [5, 5.41) is 23.9. The first-order valence-electron chi connectivity index (χ1n) is 11.3. The van der Waals surface area contributed by atoms with E-state index >= 15 is 0 Å². The van der Waals surface area contributed by atoms with Crippen LogP contribution in [-0.4, -0.2) is 30.4 Å². The van der Waals surface area contributed by atoms with E-state index in [-0.39, 0.29) is 11.6 Å². The predicted molar refractivity (Wildman–Crippen MR) is 137 cm³/mol. The molecular formula is C27H20N6O3. The molecule has 1 amide bonds. The summed E-state index contributed by atoms with van der Waals surface area (Å²) < 4.78 is 3.47.